The molecule has 1 aromatic carbocycles. The van der Waals surface area contributed by atoms with Crippen LogP contribution in [0.1, 0.15) is 29.9 Å². The highest BCUT2D eigenvalue weighted by Gasteiger charge is 2.44. The van der Waals surface area contributed by atoms with E-state index in [4.69, 9.17) is 13.5 Å². The van der Waals surface area contributed by atoms with E-state index in [1.165, 1.54) is 7.11 Å². The van der Waals surface area contributed by atoms with E-state index in [0.29, 0.717) is 12.8 Å². The Morgan fingerprint density at radius 3 is 2.76 bits per heavy atom. The smallest absolute Gasteiger partial charge is 0.378 e. The first-order chi connectivity index (χ1) is 9.99. The van der Waals surface area contributed by atoms with E-state index >= 15 is 0 Å². The second-order valence-electron chi connectivity index (χ2n) is 5.34. The van der Waals surface area contributed by atoms with Gasteiger partial charge in [-0.15, -0.1) is 0 Å². The quantitative estimate of drug-likeness (QED) is 0.856. The number of ether oxygens (including phenoxy) is 1. The molecule has 4 atom stereocenters. The monoisotopic (exact) mass is 311 g/mol. The summed E-state index contributed by atoms with van der Waals surface area (Å²) in [6, 6.07) is 7.89. The molecule has 2 aliphatic rings. The molecular weight excluding hydrogens is 294 g/mol. The summed E-state index contributed by atoms with van der Waals surface area (Å²) in [5.41, 5.74) is 2.08. The van der Waals surface area contributed by atoms with Gasteiger partial charge in [0.25, 0.3) is 0 Å². The number of hydrogen-bond donors (Lipinski definition) is 1. The van der Waals surface area contributed by atoms with Crippen molar-refractivity contribution in [3.63, 3.8) is 0 Å². The number of hydrogen-bond acceptors (Lipinski definition) is 5. The molecule has 1 fully saturated rings. The molecule has 1 aliphatic heterocycles. The maximum absolute atomic E-state index is 11.0. The van der Waals surface area contributed by atoms with Gasteiger partial charge in [-0.25, -0.2) is 4.18 Å². The first-order valence-electron chi connectivity index (χ1n) is 6.80. The van der Waals surface area contributed by atoms with Crippen molar-refractivity contribution in [1.29, 1.82) is 0 Å². The molecule has 1 aliphatic carbocycles. The molecule has 3 rings (SSSR count). The third kappa shape index (κ3) is 2.87. The van der Waals surface area contributed by atoms with Crippen LogP contribution in [0.15, 0.2) is 29.3 Å². The van der Waals surface area contributed by atoms with Crippen LogP contribution < -0.4 is 0 Å². The third-order valence-corrected chi connectivity index (χ3v) is 4.65. The number of aliphatic imine (C=N–C) groups is 1. The van der Waals surface area contributed by atoms with E-state index in [1.54, 1.807) is 0 Å². The van der Waals surface area contributed by atoms with Gasteiger partial charge in [-0.3, -0.25) is 9.55 Å². The van der Waals surface area contributed by atoms with Crippen molar-refractivity contribution in [1.82, 2.24) is 0 Å². The Hall–Kier alpha value is -1.28. The lowest BCUT2D eigenvalue weighted by atomic mass is 9.74. The van der Waals surface area contributed by atoms with Crippen molar-refractivity contribution >= 4 is 16.6 Å². The molecule has 0 amide bonds. The highest BCUT2D eigenvalue weighted by molar-refractivity contribution is 7.80. The van der Waals surface area contributed by atoms with E-state index in [9.17, 15) is 8.42 Å². The number of nitrogens with zero attached hydrogens (tertiary/aromatic N) is 1. The van der Waals surface area contributed by atoms with Crippen LogP contribution in [0.5, 0.6) is 0 Å². The van der Waals surface area contributed by atoms with Crippen LogP contribution >= 0.6 is 0 Å². The fraction of sp³-hybridized carbons (Fsp3) is 0.500. The topological polar surface area (TPSA) is 85.2 Å². The molecule has 1 N–H and O–H groups in total. The van der Waals surface area contributed by atoms with Crippen LogP contribution in [-0.4, -0.2) is 44.5 Å². The fourth-order valence-corrected chi connectivity index (χ4v) is 3.86. The average Bonchev–Trinajstić information content (AvgIpc) is 2.45. The van der Waals surface area contributed by atoms with E-state index < -0.39 is 22.6 Å². The second kappa shape index (κ2) is 5.49. The van der Waals surface area contributed by atoms with Crippen molar-refractivity contribution < 1.29 is 21.9 Å². The lowest BCUT2D eigenvalue weighted by Gasteiger charge is -2.42. The Morgan fingerprint density at radius 1 is 1.29 bits per heavy atom. The first kappa shape index (κ1) is 14.6. The minimum absolute atomic E-state index is 0.0473. The van der Waals surface area contributed by atoms with Crippen molar-refractivity contribution in [2.45, 2.75) is 37.0 Å². The zero-order valence-corrected chi connectivity index (χ0v) is 12.4. The standard InChI is InChI=1S/C14H17NO5S/c1-19-14-12(20-21(16,17)18)7-6-11-13(14)10-5-3-2-4-9(10)8-15-11/h2-5,8,11-14H,6-7H2,1H3,(H,16,17,18). The van der Waals surface area contributed by atoms with Gasteiger partial charge in [0.15, 0.2) is 0 Å². The minimum Gasteiger partial charge on any atom is -0.378 e. The molecule has 0 spiro atoms. The van der Waals surface area contributed by atoms with Gasteiger partial charge in [0.05, 0.1) is 12.1 Å². The maximum Gasteiger partial charge on any atom is 0.397 e. The second-order valence-corrected chi connectivity index (χ2v) is 6.39. The molecule has 6 nitrogen and oxygen atoms in total. The summed E-state index contributed by atoms with van der Waals surface area (Å²) in [5, 5.41) is 0. The molecule has 4 unspecified atom stereocenters. The molecule has 1 aromatic rings. The summed E-state index contributed by atoms with van der Waals surface area (Å²) >= 11 is 0. The van der Waals surface area contributed by atoms with Crippen molar-refractivity contribution in [2.24, 2.45) is 4.99 Å². The van der Waals surface area contributed by atoms with Gasteiger partial charge in [0.1, 0.15) is 6.10 Å². The van der Waals surface area contributed by atoms with Crippen LogP contribution in [0.25, 0.3) is 0 Å². The Bertz CT molecular complexity index is 657. The van der Waals surface area contributed by atoms with E-state index in [-0.39, 0.29) is 12.0 Å². The normalized spacial score (nSPS) is 31.5. The Morgan fingerprint density at radius 2 is 2.05 bits per heavy atom. The molecule has 0 radical (unpaired) electrons. The Kier molecular flexibility index (Phi) is 3.83. The van der Waals surface area contributed by atoms with Gasteiger partial charge >= 0.3 is 10.4 Å². The number of methoxy groups -OCH3 is 1. The average molecular weight is 311 g/mol. The summed E-state index contributed by atoms with van der Waals surface area (Å²) < 4.78 is 41.3. The predicted octanol–water partition coefficient (Wildman–Crippen LogP) is 1.57. The van der Waals surface area contributed by atoms with E-state index in [1.807, 2.05) is 30.5 Å². The van der Waals surface area contributed by atoms with E-state index in [2.05, 4.69) is 4.99 Å². The van der Waals surface area contributed by atoms with Gasteiger partial charge < -0.3 is 4.74 Å². The maximum atomic E-state index is 11.0. The largest absolute Gasteiger partial charge is 0.397 e. The summed E-state index contributed by atoms with van der Waals surface area (Å²) in [7, 11) is -2.98. The molecule has 1 heterocycles. The number of fused-ring (bicyclic) bond motifs is 3. The SMILES string of the molecule is COC1C(OS(=O)(=O)O)CCC2N=Cc3ccccc3C21. The fourth-order valence-electron chi connectivity index (χ4n) is 3.35. The summed E-state index contributed by atoms with van der Waals surface area (Å²) in [6.45, 7) is 0. The predicted molar refractivity (Wildman–Crippen MR) is 77.0 cm³/mol. The lowest BCUT2D eigenvalue weighted by Crippen LogP contribution is -2.47. The summed E-state index contributed by atoms with van der Waals surface area (Å²) in [4.78, 5) is 4.55. The van der Waals surface area contributed by atoms with Crippen LogP contribution in [0.2, 0.25) is 0 Å². The van der Waals surface area contributed by atoms with Crippen LogP contribution in [0.3, 0.4) is 0 Å². The molecule has 114 valence electrons. The highest BCUT2D eigenvalue weighted by atomic mass is 32.3. The molecule has 7 heteroatoms. The van der Waals surface area contributed by atoms with Crippen LogP contribution in [0.4, 0.5) is 0 Å². The van der Waals surface area contributed by atoms with Crippen molar-refractivity contribution in [3.8, 4) is 0 Å². The number of rotatable bonds is 3. The Balaban J connectivity index is 1.96. The van der Waals surface area contributed by atoms with Gasteiger partial charge in [0, 0.05) is 19.2 Å². The first-order valence-corrected chi connectivity index (χ1v) is 8.16. The van der Waals surface area contributed by atoms with Gasteiger partial charge in [-0.2, -0.15) is 8.42 Å². The highest BCUT2D eigenvalue weighted by Crippen LogP contribution is 2.41. The van der Waals surface area contributed by atoms with Crippen molar-refractivity contribution in [2.75, 3.05) is 7.11 Å². The van der Waals surface area contributed by atoms with Gasteiger partial charge in [0.2, 0.25) is 0 Å². The van der Waals surface area contributed by atoms with Crippen molar-refractivity contribution in [3.05, 3.63) is 35.4 Å². The van der Waals surface area contributed by atoms with Crippen LogP contribution in [-0.2, 0) is 19.3 Å². The van der Waals surface area contributed by atoms with E-state index in [0.717, 1.165) is 11.1 Å². The molecule has 0 aromatic heterocycles. The zero-order chi connectivity index (χ0) is 15.0. The Labute approximate surface area is 123 Å². The van der Waals surface area contributed by atoms with Crippen LogP contribution in [0, 0.1) is 0 Å². The molecule has 1 saturated carbocycles. The lowest BCUT2D eigenvalue weighted by molar-refractivity contribution is -0.0434. The van der Waals surface area contributed by atoms with Gasteiger partial charge in [-0.1, -0.05) is 24.3 Å². The molecule has 21 heavy (non-hydrogen) atoms. The molecule has 0 bridgehead atoms. The molecular formula is C14H17NO5S. The number of benzene rings is 1. The van der Waals surface area contributed by atoms with Gasteiger partial charge in [-0.05, 0) is 24.0 Å². The minimum atomic E-state index is -4.50. The molecule has 0 saturated heterocycles. The summed E-state index contributed by atoms with van der Waals surface area (Å²) in [6.07, 6.45) is 1.85. The zero-order valence-electron chi connectivity index (χ0n) is 11.5. The summed E-state index contributed by atoms with van der Waals surface area (Å²) in [5.74, 6) is -0.0725. The third-order valence-electron chi connectivity index (χ3n) is 4.16.